The third-order valence-corrected chi connectivity index (χ3v) is 5.76. The molecule has 6 nitrogen and oxygen atoms in total. The van der Waals surface area contributed by atoms with Crippen molar-refractivity contribution in [3.8, 4) is 17.2 Å². The third-order valence-electron chi connectivity index (χ3n) is 5.03. The SMILES string of the molecule is O=c1ccc2nc3c(oc-2c1CNCc1ccccn1)c(Br)c(O)c1ccccc13. The summed E-state index contributed by atoms with van der Waals surface area (Å²) in [6.45, 7) is 0.827. The minimum Gasteiger partial charge on any atom is -0.506 e. The first-order chi connectivity index (χ1) is 14.6. The van der Waals surface area contributed by atoms with Crippen LogP contribution in [-0.2, 0) is 13.1 Å². The summed E-state index contributed by atoms with van der Waals surface area (Å²) in [6.07, 6.45) is 1.73. The van der Waals surface area contributed by atoms with E-state index in [4.69, 9.17) is 9.40 Å². The van der Waals surface area contributed by atoms with Gasteiger partial charge in [0, 0.05) is 30.1 Å². The van der Waals surface area contributed by atoms with Gasteiger partial charge in [0.25, 0.3) is 0 Å². The van der Waals surface area contributed by atoms with Crippen LogP contribution in [0.5, 0.6) is 5.75 Å². The number of phenols is 1. The van der Waals surface area contributed by atoms with Gasteiger partial charge in [-0.1, -0.05) is 30.3 Å². The van der Waals surface area contributed by atoms with Crippen LogP contribution >= 0.6 is 15.9 Å². The number of aromatic nitrogens is 2. The number of phenolic OH excluding ortho intramolecular Hbond substituents is 1. The summed E-state index contributed by atoms with van der Waals surface area (Å²) in [7, 11) is 0. The number of hydrogen-bond donors (Lipinski definition) is 2. The van der Waals surface area contributed by atoms with Crippen molar-refractivity contribution in [2.45, 2.75) is 13.1 Å². The summed E-state index contributed by atoms with van der Waals surface area (Å²) in [5.41, 5.74) is 2.83. The second kappa shape index (κ2) is 7.51. The number of nitrogens with one attached hydrogen (secondary N) is 1. The molecule has 0 saturated heterocycles. The average Bonchev–Trinajstić information content (AvgIpc) is 2.79. The Morgan fingerprint density at radius 2 is 1.80 bits per heavy atom. The lowest BCUT2D eigenvalue weighted by Crippen LogP contribution is -2.20. The molecular formula is C23H16BrN3O3. The fourth-order valence-electron chi connectivity index (χ4n) is 3.56. The maximum absolute atomic E-state index is 12.6. The second-order valence-electron chi connectivity index (χ2n) is 6.91. The highest BCUT2D eigenvalue weighted by atomic mass is 79.9. The van der Waals surface area contributed by atoms with Crippen LogP contribution in [0.1, 0.15) is 11.3 Å². The van der Waals surface area contributed by atoms with Gasteiger partial charge in [-0.05, 0) is 40.2 Å². The molecule has 0 atom stereocenters. The predicted octanol–water partition coefficient (Wildman–Crippen LogP) is 4.60. The Kier molecular flexibility index (Phi) is 4.69. The Morgan fingerprint density at radius 3 is 2.60 bits per heavy atom. The summed E-state index contributed by atoms with van der Waals surface area (Å²) in [4.78, 5) is 21.6. The van der Waals surface area contributed by atoms with Crippen LogP contribution in [-0.4, -0.2) is 15.1 Å². The highest BCUT2D eigenvalue weighted by Gasteiger charge is 2.21. The number of fused-ring (bicyclic) bond motifs is 4. The number of nitrogens with zero attached hydrogens (tertiary/aromatic N) is 2. The van der Waals surface area contributed by atoms with Crippen molar-refractivity contribution in [1.29, 1.82) is 0 Å². The summed E-state index contributed by atoms with van der Waals surface area (Å²) < 4.78 is 6.57. The maximum atomic E-state index is 12.6. The van der Waals surface area contributed by atoms with E-state index in [2.05, 4.69) is 26.2 Å². The molecule has 2 heterocycles. The van der Waals surface area contributed by atoms with Gasteiger partial charge in [-0.25, -0.2) is 4.98 Å². The fraction of sp³-hybridized carbons (Fsp3) is 0.0870. The molecule has 5 rings (SSSR count). The Labute approximate surface area is 179 Å². The first-order valence-corrected chi connectivity index (χ1v) is 10.2. The Bertz CT molecular complexity index is 1420. The van der Waals surface area contributed by atoms with Gasteiger partial charge in [-0.3, -0.25) is 9.78 Å². The molecule has 1 aliphatic carbocycles. The standard InChI is InChI=1S/C23H16BrN3O3/c24-19-21(29)15-7-2-1-6-14(15)20-23(19)30-22-16(18(28)9-8-17(22)27-20)12-25-11-13-5-3-4-10-26-13/h1-10,25,29H,11-12H2. The first kappa shape index (κ1) is 18.7. The van der Waals surface area contributed by atoms with Gasteiger partial charge in [0.15, 0.2) is 16.8 Å². The lowest BCUT2D eigenvalue weighted by molar-refractivity contribution is 0.476. The van der Waals surface area contributed by atoms with Gasteiger partial charge in [-0.2, -0.15) is 0 Å². The molecule has 0 saturated carbocycles. The zero-order chi connectivity index (χ0) is 20.7. The molecule has 3 aromatic rings. The number of aromatic hydroxyl groups is 1. The molecule has 0 amide bonds. The molecule has 148 valence electrons. The van der Waals surface area contributed by atoms with Crippen LogP contribution < -0.4 is 10.7 Å². The average molecular weight is 462 g/mol. The van der Waals surface area contributed by atoms with Crippen molar-refractivity contribution in [3.05, 3.63) is 86.7 Å². The zero-order valence-electron chi connectivity index (χ0n) is 15.7. The molecular weight excluding hydrogens is 446 g/mol. The highest BCUT2D eigenvalue weighted by molar-refractivity contribution is 9.10. The molecule has 7 heteroatoms. The molecule has 1 aliphatic heterocycles. The molecule has 30 heavy (non-hydrogen) atoms. The monoisotopic (exact) mass is 461 g/mol. The van der Waals surface area contributed by atoms with E-state index in [1.807, 2.05) is 42.5 Å². The molecule has 2 N–H and O–H groups in total. The predicted molar refractivity (Wildman–Crippen MR) is 119 cm³/mol. The molecule has 1 aromatic heterocycles. The maximum Gasteiger partial charge on any atom is 0.187 e. The van der Waals surface area contributed by atoms with Crippen molar-refractivity contribution in [2.24, 2.45) is 0 Å². The third kappa shape index (κ3) is 3.12. The van der Waals surface area contributed by atoms with Gasteiger partial charge < -0.3 is 14.8 Å². The largest absolute Gasteiger partial charge is 0.506 e. The molecule has 0 unspecified atom stereocenters. The summed E-state index contributed by atoms with van der Waals surface area (Å²) >= 11 is 3.43. The van der Waals surface area contributed by atoms with E-state index in [-0.39, 0.29) is 11.2 Å². The molecule has 0 radical (unpaired) electrons. The topological polar surface area (TPSA) is 88.3 Å². The Hall–Kier alpha value is -3.29. The normalized spacial score (nSPS) is 11.5. The van der Waals surface area contributed by atoms with Crippen molar-refractivity contribution >= 4 is 37.8 Å². The van der Waals surface area contributed by atoms with E-state index in [1.54, 1.807) is 12.3 Å². The van der Waals surface area contributed by atoms with Crippen LogP contribution in [0.3, 0.4) is 0 Å². The summed E-state index contributed by atoms with van der Waals surface area (Å²) in [5.74, 6) is 0.481. The van der Waals surface area contributed by atoms with Crippen LogP contribution in [0.25, 0.3) is 33.3 Å². The summed E-state index contributed by atoms with van der Waals surface area (Å²) in [5, 5.41) is 15.3. The van der Waals surface area contributed by atoms with Crippen LogP contribution in [0.4, 0.5) is 0 Å². The highest BCUT2D eigenvalue weighted by Crippen LogP contribution is 2.42. The van der Waals surface area contributed by atoms with E-state index in [9.17, 15) is 9.90 Å². The van der Waals surface area contributed by atoms with E-state index in [0.29, 0.717) is 51.1 Å². The quantitative estimate of drug-likeness (QED) is 0.300. The van der Waals surface area contributed by atoms with E-state index in [0.717, 1.165) is 11.1 Å². The van der Waals surface area contributed by atoms with Crippen molar-refractivity contribution in [1.82, 2.24) is 15.3 Å². The molecule has 2 aromatic carbocycles. The molecule has 2 aliphatic rings. The molecule has 0 fully saturated rings. The van der Waals surface area contributed by atoms with E-state index >= 15 is 0 Å². The lowest BCUT2D eigenvalue weighted by atomic mass is 10.1. The van der Waals surface area contributed by atoms with E-state index in [1.165, 1.54) is 6.07 Å². The summed E-state index contributed by atoms with van der Waals surface area (Å²) in [6, 6.07) is 16.3. The van der Waals surface area contributed by atoms with Gasteiger partial charge in [0.1, 0.15) is 21.4 Å². The smallest absolute Gasteiger partial charge is 0.187 e. The number of benzene rings is 3. The number of hydrogen-bond acceptors (Lipinski definition) is 6. The van der Waals surface area contributed by atoms with Gasteiger partial charge in [-0.15, -0.1) is 0 Å². The minimum atomic E-state index is -0.137. The van der Waals surface area contributed by atoms with E-state index < -0.39 is 0 Å². The van der Waals surface area contributed by atoms with Crippen LogP contribution in [0.2, 0.25) is 0 Å². The minimum absolute atomic E-state index is 0.0797. The van der Waals surface area contributed by atoms with Gasteiger partial charge >= 0.3 is 0 Å². The molecule has 0 spiro atoms. The van der Waals surface area contributed by atoms with Crippen molar-refractivity contribution in [3.63, 3.8) is 0 Å². The molecule has 0 bridgehead atoms. The van der Waals surface area contributed by atoms with Crippen LogP contribution in [0, 0.1) is 0 Å². The van der Waals surface area contributed by atoms with Crippen LogP contribution in [0.15, 0.2) is 74.5 Å². The lowest BCUT2D eigenvalue weighted by Gasteiger charge is -2.14. The zero-order valence-corrected chi connectivity index (χ0v) is 17.3. The van der Waals surface area contributed by atoms with Crippen molar-refractivity contribution < 1.29 is 9.52 Å². The number of halogens is 1. The van der Waals surface area contributed by atoms with Gasteiger partial charge in [0.2, 0.25) is 0 Å². The number of rotatable bonds is 4. The van der Waals surface area contributed by atoms with Gasteiger partial charge in [0.05, 0.1) is 11.3 Å². The Balaban J connectivity index is 1.64. The second-order valence-corrected chi connectivity index (χ2v) is 7.71. The Morgan fingerprint density at radius 1 is 1.00 bits per heavy atom. The first-order valence-electron chi connectivity index (χ1n) is 9.39. The number of pyridine rings is 1. The fourth-order valence-corrected chi connectivity index (χ4v) is 4.04. The van der Waals surface area contributed by atoms with Crippen molar-refractivity contribution in [2.75, 3.05) is 0 Å².